The van der Waals surface area contributed by atoms with Crippen LogP contribution in [0.5, 0.6) is 0 Å². The molecule has 2 N–H and O–H groups in total. The molecule has 8 nitrogen and oxygen atoms in total. The molecule has 0 unspecified atom stereocenters. The van der Waals surface area contributed by atoms with Crippen molar-refractivity contribution in [1.82, 2.24) is 4.98 Å². The Morgan fingerprint density at radius 1 is 1.58 bits per heavy atom. The molecule has 104 valence electrons. The van der Waals surface area contributed by atoms with Crippen molar-refractivity contribution in [1.29, 1.82) is 0 Å². The van der Waals surface area contributed by atoms with E-state index in [9.17, 15) is 14.9 Å². The number of carboxylic acids is 1. The number of carboxylic acid groups (broad SMARTS) is 1. The third kappa shape index (κ3) is 4.88. The second kappa shape index (κ2) is 7.27. The van der Waals surface area contributed by atoms with Gasteiger partial charge in [-0.15, -0.1) is 0 Å². The fourth-order valence-corrected chi connectivity index (χ4v) is 1.41. The van der Waals surface area contributed by atoms with Crippen molar-refractivity contribution < 1.29 is 19.6 Å². The first-order valence-corrected chi connectivity index (χ1v) is 5.65. The van der Waals surface area contributed by atoms with E-state index >= 15 is 0 Å². The summed E-state index contributed by atoms with van der Waals surface area (Å²) in [5, 5.41) is 22.1. The largest absolute Gasteiger partial charge is 0.481 e. The van der Waals surface area contributed by atoms with Crippen LogP contribution in [0.15, 0.2) is 12.3 Å². The van der Waals surface area contributed by atoms with Gasteiger partial charge in [0.25, 0.3) is 0 Å². The summed E-state index contributed by atoms with van der Waals surface area (Å²) in [6.45, 7) is 2.31. The third-order valence-electron chi connectivity index (χ3n) is 2.31. The van der Waals surface area contributed by atoms with Gasteiger partial charge in [-0.1, -0.05) is 0 Å². The Balaban J connectivity index is 2.43. The van der Waals surface area contributed by atoms with E-state index < -0.39 is 10.9 Å². The van der Waals surface area contributed by atoms with Gasteiger partial charge >= 0.3 is 11.7 Å². The first-order valence-electron chi connectivity index (χ1n) is 5.65. The molecule has 0 saturated carbocycles. The smallest absolute Gasteiger partial charge is 0.314 e. The lowest BCUT2D eigenvalue weighted by molar-refractivity contribution is -0.384. The number of aliphatic carboxylic acids is 1. The van der Waals surface area contributed by atoms with Crippen LogP contribution < -0.4 is 5.32 Å². The molecule has 0 aliphatic carbocycles. The number of aromatic nitrogens is 1. The van der Waals surface area contributed by atoms with Crippen LogP contribution >= 0.6 is 0 Å². The van der Waals surface area contributed by atoms with Gasteiger partial charge in [0.15, 0.2) is 0 Å². The van der Waals surface area contributed by atoms with Gasteiger partial charge in [-0.25, -0.2) is 4.98 Å². The van der Waals surface area contributed by atoms with Crippen molar-refractivity contribution in [3.8, 4) is 0 Å². The van der Waals surface area contributed by atoms with Gasteiger partial charge in [-0.3, -0.25) is 14.9 Å². The SMILES string of the molecule is Cc1ccnc(NCCOCCC(=O)O)c1[N+](=O)[O-]. The summed E-state index contributed by atoms with van der Waals surface area (Å²) in [5.74, 6) is -0.740. The van der Waals surface area contributed by atoms with Crippen molar-refractivity contribution in [3.63, 3.8) is 0 Å². The van der Waals surface area contributed by atoms with E-state index in [1.54, 1.807) is 13.0 Å². The Kier molecular flexibility index (Phi) is 5.68. The summed E-state index contributed by atoms with van der Waals surface area (Å²) in [6, 6.07) is 1.56. The van der Waals surface area contributed by atoms with Gasteiger partial charge in [-0.05, 0) is 13.0 Å². The average Bonchev–Trinajstić information content (AvgIpc) is 2.32. The van der Waals surface area contributed by atoms with E-state index in [0.29, 0.717) is 12.1 Å². The van der Waals surface area contributed by atoms with Gasteiger partial charge in [0.1, 0.15) is 0 Å². The fraction of sp³-hybridized carbons (Fsp3) is 0.455. The highest BCUT2D eigenvalue weighted by molar-refractivity contribution is 5.66. The zero-order chi connectivity index (χ0) is 14.3. The molecule has 1 aromatic rings. The van der Waals surface area contributed by atoms with Crippen LogP contribution in [0.3, 0.4) is 0 Å². The van der Waals surface area contributed by atoms with Crippen LogP contribution in [0.1, 0.15) is 12.0 Å². The lowest BCUT2D eigenvalue weighted by Crippen LogP contribution is -2.13. The van der Waals surface area contributed by atoms with Crippen molar-refractivity contribution in [2.75, 3.05) is 25.1 Å². The van der Waals surface area contributed by atoms with Gasteiger partial charge in [0, 0.05) is 18.3 Å². The average molecular weight is 269 g/mol. The molecule has 0 aromatic carbocycles. The van der Waals surface area contributed by atoms with E-state index in [0.717, 1.165) is 0 Å². The van der Waals surface area contributed by atoms with Crippen LogP contribution in [0, 0.1) is 17.0 Å². The highest BCUT2D eigenvalue weighted by Crippen LogP contribution is 2.24. The maximum atomic E-state index is 10.9. The van der Waals surface area contributed by atoms with E-state index in [2.05, 4.69) is 10.3 Å². The number of aryl methyl sites for hydroxylation is 1. The lowest BCUT2D eigenvalue weighted by Gasteiger charge is -2.07. The number of pyridine rings is 1. The monoisotopic (exact) mass is 269 g/mol. The topological polar surface area (TPSA) is 115 Å². The molecule has 0 amide bonds. The van der Waals surface area contributed by atoms with Crippen LogP contribution in [0.25, 0.3) is 0 Å². The molecule has 0 aliphatic rings. The predicted molar refractivity (Wildman–Crippen MR) is 67.2 cm³/mol. The quantitative estimate of drug-likeness (QED) is 0.414. The third-order valence-corrected chi connectivity index (χ3v) is 2.31. The second-order valence-electron chi connectivity index (χ2n) is 3.77. The number of rotatable bonds is 8. The summed E-state index contributed by atoms with van der Waals surface area (Å²) in [5.41, 5.74) is 0.460. The van der Waals surface area contributed by atoms with Crippen LogP contribution in [0.2, 0.25) is 0 Å². The van der Waals surface area contributed by atoms with Crippen LogP contribution in [0.4, 0.5) is 11.5 Å². The standard InChI is InChI=1S/C11H15N3O5/c1-8-2-4-12-11(10(8)14(17)18)13-5-7-19-6-3-9(15)16/h2,4H,3,5-7H2,1H3,(H,12,13)(H,15,16). The second-order valence-corrected chi connectivity index (χ2v) is 3.77. The maximum Gasteiger partial charge on any atom is 0.314 e. The molecule has 0 fully saturated rings. The molecule has 1 aromatic heterocycles. The normalized spacial score (nSPS) is 10.2. The number of nitro groups is 1. The Labute approximate surface area is 109 Å². The van der Waals surface area contributed by atoms with Crippen LogP contribution in [-0.4, -0.2) is 40.7 Å². The number of hydrogen-bond acceptors (Lipinski definition) is 6. The Morgan fingerprint density at radius 3 is 2.95 bits per heavy atom. The number of ether oxygens (including phenoxy) is 1. The minimum atomic E-state index is -0.927. The zero-order valence-electron chi connectivity index (χ0n) is 10.5. The van der Waals surface area contributed by atoms with Gasteiger partial charge in [0.05, 0.1) is 24.6 Å². The summed E-state index contributed by atoms with van der Waals surface area (Å²) in [7, 11) is 0. The van der Waals surface area contributed by atoms with Gasteiger partial charge in [0.2, 0.25) is 5.82 Å². The van der Waals surface area contributed by atoms with Crippen molar-refractivity contribution >= 4 is 17.5 Å². The number of carbonyl (C=O) groups is 1. The maximum absolute atomic E-state index is 10.9. The molecule has 19 heavy (non-hydrogen) atoms. The van der Waals surface area contributed by atoms with Gasteiger partial charge in [-0.2, -0.15) is 0 Å². The minimum Gasteiger partial charge on any atom is -0.481 e. The highest BCUT2D eigenvalue weighted by Gasteiger charge is 2.17. The minimum absolute atomic E-state index is 0.0620. The first-order chi connectivity index (χ1) is 9.02. The zero-order valence-corrected chi connectivity index (χ0v) is 10.5. The fourth-order valence-electron chi connectivity index (χ4n) is 1.41. The first kappa shape index (κ1) is 14.8. The Bertz CT molecular complexity index is 464. The van der Waals surface area contributed by atoms with Crippen LogP contribution in [-0.2, 0) is 9.53 Å². The Morgan fingerprint density at radius 2 is 2.32 bits per heavy atom. The molecule has 1 rings (SSSR count). The molecule has 0 radical (unpaired) electrons. The van der Waals surface area contributed by atoms with E-state index in [-0.39, 0.29) is 31.1 Å². The molecule has 8 heteroatoms. The van der Waals surface area contributed by atoms with Crippen molar-refractivity contribution in [3.05, 3.63) is 27.9 Å². The van der Waals surface area contributed by atoms with Crippen molar-refractivity contribution in [2.24, 2.45) is 0 Å². The molecule has 0 atom stereocenters. The molecular weight excluding hydrogens is 254 g/mol. The summed E-state index contributed by atoms with van der Waals surface area (Å²) < 4.78 is 5.06. The predicted octanol–water partition coefficient (Wildman–Crippen LogP) is 1.20. The molecular formula is C11H15N3O5. The molecule has 0 saturated heterocycles. The number of hydrogen-bond donors (Lipinski definition) is 2. The van der Waals surface area contributed by atoms with E-state index in [1.165, 1.54) is 6.20 Å². The van der Waals surface area contributed by atoms with E-state index in [1.807, 2.05) is 0 Å². The number of anilines is 1. The highest BCUT2D eigenvalue weighted by atomic mass is 16.6. The summed E-state index contributed by atoms with van der Waals surface area (Å²) in [4.78, 5) is 24.5. The van der Waals surface area contributed by atoms with Gasteiger partial charge < -0.3 is 15.2 Å². The van der Waals surface area contributed by atoms with E-state index in [4.69, 9.17) is 9.84 Å². The molecule has 0 aliphatic heterocycles. The number of nitrogens with zero attached hydrogens (tertiary/aromatic N) is 2. The Hall–Kier alpha value is -2.22. The molecule has 0 spiro atoms. The number of nitrogens with one attached hydrogen (secondary N) is 1. The summed E-state index contributed by atoms with van der Waals surface area (Å²) in [6.07, 6.45) is 1.42. The summed E-state index contributed by atoms with van der Waals surface area (Å²) >= 11 is 0. The molecule has 0 bridgehead atoms. The lowest BCUT2D eigenvalue weighted by atomic mass is 10.2. The molecule has 1 heterocycles. The van der Waals surface area contributed by atoms with Crippen molar-refractivity contribution in [2.45, 2.75) is 13.3 Å².